The third kappa shape index (κ3) is 0.659. The number of fused-ring (bicyclic) bond motifs is 4. The van der Waals surface area contributed by atoms with Crippen LogP contribution in [0.4, 0.5) is 0 Å². The van der Waals surface area contributed by atoms with Crippen LogP contribution in [-0.2, 0) is 9.84 Å². The molecule has 4 aliphatic carbocycles. The Morgan fingerprint density at radius 3 is 2.47 bits per heavy atom. The van der Waals surface area contributed by atoms with Crippen LogP contribution in [0.25, 0.3) is 0 Å². The SMILES string of the molecule is O=S1(=O)[C@@H]2[C@H]3[C@@H]4C[C@H]5[C@H]3[C@H]2C2(SCCS2)[C@@H]5[C@H]41. The van der Waals surface area contributed by atoms with E-state index >= 15 is 0 Å². The summed E-state index contributed by atoms with van der Waals surface area (Å²) >= 11 is 4.28. The van der Waals surface area contributed by atoms with Gasteiger partial charge in [-0.2, -0.15) is 0 Å². The fraction of sp³-hybridized carbons (Fsp3) is 1.00. The van der Waals surface area contributed by atoms with Crippen molar-refractivity contribution >= 4 is 33.4 Å². The summed E-state index contributed by atoms with van der Waals surface area (Å²) in [7, 11) is -2.73. The number of hydrogen-bond donors (Lipinski definition) is 0. The van der Waals surface area contributed by atoms with E-state index in [1.54, 1.807) is 0 Å². The summed E-state index contributed by atoms with van der Waals surface area (Å²) < 4.78 is 25.6. The molecule has 0 aromatic heterocycles. The zero-order valence-electron chi connectivity index (χ0n) is 9.28. The van der Waals surface area contributed by atoms with Crippen molar-refractivity contribution in [2.24, 2.45) is 35.5 Å². The minimum atomic E-state index is -2.73. The number of hydrogen-bond acceptors (Lipinski definition) is 4. The Kier molecular flexibility index (Phi) is 1.32. The van der Waals surface area contributed by atoms with Crippen LogP contribution in [0.2, 0.25) is 0 Å². The number of sulfone groups is 1. The standard InChI is InChI=1S/C12H14O2S3/c13-17(14)10-5-3-4-6-7(5)11(17)9(6)12(8(4)10)15-1-2-16-12/h4-11H,1-3H2/t4-,5-,6+,7-,8-,9+,10-,11+/m0/s1. The monoisotopic (exact) mass is 286 g/mol. The van der Waals surface area contributed by atoms with Gasteiger partial charge in [0.2, 0.25) is 0 Å². The Balaban J connectivity index is 1.69. The molecular weight excluding hydrogens is 272 g/mol. The Labute approximate surface area is 110 Å². The lowest BCUT2D eigenvalue weighted by Crippen LogP contribution is -2.57. The van der Waals surface area contributed by atoms with Crippen LogP contribution in [0.15, 0.2) is 0 Å². The third-order valence-corrected chi connectivity index (χ3v) is 13.3. The van der Waals surface area contributed by atoms with Gasteiger partial charge in [-0.1, -0.05) is 0 Å². The second kappa shape index (κ2) is 2.35. The summed E-state index contributed by atoms with van der Waals surface area (Å²) in [5.41, 5.74) is 0. The molecule has 6 aliphatic rings. The van der Waals surface area contributed by atoms with Crippen molar-refractivity contribution in [3.05, 3.63) is 0 Å². The fourth-order valence-electron chi connectivity index (χ4n) is 6.86. The van der Waals surface area contributed by atoms with Gasteiger partial charge in [0.25, 0.3) is 0 Å². The van der Waals surface area contributed by atoms with Gasteiger partial charge in [-0.05, 0) is 30.1 Å². The van der Waals surface area contributed by atoms with Crippen LogP contribution in [0.3, 0.4) is 0 Å². The molecule has 0 aromatic rings. The smallest absolute Gasteiger partial charge is 0.157 e. The molecule has 5 heteroatoms. The summed E-state index contributed by atoms with van der Waals surface area (Å²) in [6.45, 7) is 0. The fourth-order valence-corrected chi connectivity index (χ4v) is 15.0. The molecule has 2 nitrogen and oxygen atoms in total. The molecule has 2 aliphatic heterocycles. The van der Waals surface area contributed by atoms with Crippen LogP contribution in [0, 0.1) is 35.5 Å². The van der Waals surface area contributed by atoms with Crippen LogP contribution >= 0.6 is 23.5 Å². The first-order chi connectivity index (χ1) is 8.18. The molecule has 1 spiro atoms. The highest BCUT2D eigenvalue weighted by atomic mass is 32.2. The quantitative estimate of drug-likeness (QED) is 0.675. The summed E-state index contributed by atoms with van der Waals surface area (Å²) in [4.78, 5) is 0. The normalized spacial score (nSPS) is 69.4. The van der Waals surface area contributed by atoms with Gasteiger partial charge in [-0.3, -0.25) is 0 Å². The molecule has 0 amide bonds. The summed E-state index contributed by atoms with van der Waals surface area (Å²) in [5.74, 6) is 6.42. The number of rotatable bonds is 0. The van der Waals surface area contributed by atoms with Gasteiger partial charge < -0.3 is 0 Å². The molecular formula is C12H14O2S3. The van der Waals surface area contributed by atoms with Gasteiger partial charge in [0.05, 0.1) is 14.6 Å². The topological polar surface area (TPSA) is 34.1 Å². The van der Waals surface area contributed by atoms with E-state index in [1.807, 2.05) is 0 Å². The first kappa shape index (κ1) is 9.54. The largest absolute Gasteiger partial charge is 0.228 e. The van der Waals surface area contributed by atoms with Gasteiger partial charge in [-0.15, -0.1) is 23.5 Å². The van der Waals surface area contributed by atoms with Crippen LogP contribution in [-0.4, -0.2) is 34.5 Å². The predicted octanol–water partition coefficient (Wildman–Crippen LogP) is 1.47. The highest BCUT2D eigenvalue weighted by Gasteiger charge is 2.90. The Hall–Kier alpha value is 0.650. The van der Waals surface area contributed by atoms with E-state index < -0.39 is 9.84 Å². The first-order valence-corrected chi connectivity index (χ1v) is 10.3. The lowest BCUT2D eigenvalue weighted by atomic mass is 9.64. The molecule has 0 unspecified atom stereocenters. The minimum Gasteiger partial charge on any atom is -0.228 e. The highest BCUT2D eigenvalue weighted by molar-refractivity contribution is 8.21. The van der Waals surface area contributed by atoms with Crippen molar-refractivity contribution in [1.82, 2.24) is 0 Å². The van der Waals surface area contributed by atoms with E-state index in [-0.39, 0.29) is 10.5 Å². The van der Waals surface area contributed by atoms with Crippen molar-refractivity contribution in [3.63, 3.8) is 0 Å². The van der Waals surface area contributed by atoms with Crippen molar-refractivity contribution in [3.8, 4) is 0 Å². The second-order valence-electron chi connectivity index (χ2n) is 6.71. The maximum atomic E-state index is 12.6. The van der Waals surface area contributed by atoms with E-state index in [9.17, 15) is 8.42 Å². The van der Waals surface area contributed by atoms with E-state index in [0.29, 0.717) is 27.8 Å². The minimum absolute atomic E-state index is 0.0931. The van der Waals surface area contributed by atoms with Crippen molar-refractivity contribution in [2.45, 2.75) is 21.0 Å². The Morgan fingerprint density at radius 2 is 1.71 bits per heavy atom. The van der Waals surface area contributed by atoms with Crippen LogP contribution in [0.1, 0.15) is 6.42 Å². The summed E-state index contributed by atoms with van der Waals surface area (Å²) in [6.07, 6.45) is 1.26. The maximum Gasteiger partial charge on any atom is 0.157 e. The lowest BCUT2D eigenvalue weighted by molar-refractivity contribution is 0.102. The highest BCUT2D eigenvalue weighted by Crippen LogP contribution is 2.87. The number of thioether (sulfide) groups is 2. The molecule has 0 radical (unpaired) electrons. The Morgan fingerprint density at radius 1 is 0.941 bits per heavy atom. The zero-order valence-corrected chi connectivity index (χ0v) is 11.7. The zero-order chi connectivity index (χ0) is 11.2. The molecule has 8 atom stereocenters. The molecule has 2 saturated heterocycles. The second-order valence-corrected chi connectivity index (χ2v) is 12.0. The van der Waals surface area contributed by atoms with Crippen LogP contribution in [0.5, 0.6) is 0 Å². The molecule has 2 heterocycles. The van der Waals surface area contributed by atoms with Crippen molar-refractivity contribution < 1.29 is 8.42 Å². The van der Waals surface area contributed by atoms with Crippen molar-refractivity contribution in [2.75, 3.05) is 11.5 Å². The van der Waals surface area contributed by atoms with E-state index in [0.717, 1.165) is 11.8 Å². The predicted molar refractivity (Wildman–Crippen MR) is 69.7 cm³/mol. The van der Waals surface area contributed by atoms with E-state index in [4.69, 9.17) is 0 Å². The third-order valence-electron chi connectivity index (χ3n) is 6.79. The van der Waals surface area contributed by atoms with Gasteiger partial charge in [0, 0.05) is 23.3 Å². The molecule has 0 aromatic carbocycles. The molecule has 6 rings (SSSR count). The maximum absolute atomic E-state index is 12.6. The van der Waals surface area contributed by atoms with E-state index in [1.165, 1.54) is 17.9 Å². The van der Waals surface area contributed by atoms with Gasteiger partial charge in [0.15, 0.2) is 9.84 Å². The van der Waals surface area contributed by atoms with Crippen molar-refractivity contribution in [1.29, 1.82) is 0 Å². The van der Waals surface area contributed by atoms with Gasteiger partial charge in [0.1, 0.15) is 0 Å². The molecule has 4 saturated carbocycles. The average Bonchev–Trinajstić information content (AvgIpc) is 2.86. The van der Waals surface area contributed by atoms with Gasteiger partial charge in [-0.25, -0.2) is 8.42 Å². The van der Waals surface area contributed by atoms with E-state index in [2.05, 4.69) is 23.5 Å². The Bertz CT molecular complexity index is 550. The summed E-state index contributed by atoms with van der Waals surface area (Å²) in [5, 5.41) is 0.194. The molecule has 2 bridgehead atoms. The lowest BCUT2D eigenvalue weighted by Gasteiger charge is -2.50. The molecule has 6 fully saturated rings. The first-order valence-electron chi connectivity index (χ1n) is 6.68. The average molecular weight is 286 g/mol. The molecule has 17 heavy (non-hydrogen) atoms. The molecule has 92 valence electrons. The molecule has 0 N–H and O–H groups in total. The van der Waals surface area contributed by atoms with Crippen LogP contribution < -0.4 is 0 Å². The summed E-state index contributed by atoms with van der Waals surface area (Å²) in [6, 6.07) is 0. The van der Waals surface area contributed by atoms with Gasteiger partial charge >= 0.3 is 0 Å².